The van der Waals surface area contributed by atoms with Gasteiger partial charge in [-0.3, -0.25) is 9.59 Å². The summed E-state index contributed by atoms with van der Waals surface area (Å²) in [5.74, 6) is 0.765. The van der Waals surface area contributed by atoms with Gasteiger partial charge in [0, 0.05) is 35.8 Å². The monoisotopic (exact) mass is 414 g/mol. The Morgan fingerprint density at radius 2 is 1.83 bits per heavy atom. The molecule has 0 radical (unpaired) electrons. The van der Waals surface area contributed by atoms with Crippen molar-refractivity contribution < 1.29 is 19.1 Å². The molecule has 0 aliphatic carbocycles. The Bertz CT molecular complexity index is 936. The van der Waals surface area contributed by atoms with Crippen LogP contribution in [0.3, 0.4) is 0 Å². The maximum atomic E-state index is 12.8. The number of carbonyl (C=O) groups is 2. The van der Waals surface area contributed by atoms with Crippen molar-refractivity contribution in [2.45, 2.75) is 12.8 Å². The summed E-state index contributed by atoms with van der Waals surface area (Å²) >= 11 is 6.08. The van der Waals surface area contributed by atoms with Crippen LogP contribution in [0.25, 0.3) is 6.08 Å². The molecule has 0 aromatic heterocycles. The number of nitrogens with zero attached hydrogens (tertiary/aromatic N) is 1. The summed E-state index contributed by atoms with van der Waals surface area (Å²) < 4.78 is 10.5. The second-order valence-corrected chi connectivity index (χ2v) is 7.06. The van der Waals surface area contributed by atoms with Gasteiger partial charge in [0.15, 0.2) is 0 Å². The Morgan fingerprint density at radius 3 is 2.52 bits per heavy atom. The maximum absolute atomic E-state index is 12.8. The molecule has 0 unspecified atom stereocenters. The lowest BCUT2D eigenvalue weighted by molar-refractivity contribution is -0.111. The first-order valence-corrected chi connectivity index (χ1v) is 9.69. The third-order valence-corrected chi connectivity index (χ3v) is 4.95. The predicted octanol–water partition coefficient (Wildman–Crippen LogP) is 4.25. The molecule has 0 saturated carbocycles. The van der Waals surface area contributed by atoms with E-state index in [0.717, 1.165) is 31.5 Å². The first-order chi connectivity index (χ1) is 14.0. The van der Waals surface area contributed by atoms with Crippen molar-refractivity contribution >= 4 is 35.2 Å². The van der Waals surface area contributed by atoms with Crippen LogP contribution in [0.1, 0.15) is 28.8 Å². The third-order valence-electron chi connectivity index (χ3n) is 4.72. The van der Waals surface area contributed by atoms with Gasteiger partial charge in [0.05, 0.1) is 25.5 Å². The van der Waals surface area contributed by atoms with Gasteiger partial charge in [-0.1, -0.05) is 11.6 Å². The summed E-state index contributed by atoms with van der Waals surface area (Å²) in [4.78, 5) is 27.0. The zero-order chi connectivity index (χ0) is 20.8. The fraction of sp³-hybridized carbons (Fsp3) is 0.273. The van der Waals surface area contributed by atoms with E-state index in [4.69, 9.17) is 21.1 Å². The molecule has 0 spiro atoms. The molecule has 6 nitrogen and oxygen atoms in total. The van der Waals surface area contributed by atoms with Gasteiger partial charge in [-0.05, 0) is 49.2 Å². The molecular formula is C22H23ClN2O4. The number of carbonyl (C=O) groups excluding carboxylic acids is 2. The van der Waals surface area contributed by atoms with Crippen LogP contribution in [0.4, 0.5) is 5.69 Å². The molecule has 7 heteroatoms. The van der Waals surface area contributed by atoms with Crippen molar-refractivity contribution in [3.05, 3.63) is 58.6 Å². The van der Waals surface area contributed by atoms with Crippen LogP contribution < -0.4 is 14.8 Å². The molecule has 1 aliphatic heterocycles. The molecule has 2 amide bonds. The summed E-state index contributed by atoms with van der Waals surface area (Å²) in [6.07, 6.45) is 5.01. The second kappa shape index (κ2) is 9.47. The minimum absolute atomic E-state index is 0.124. The van der Waals surface area contributed by atoms with Gasteiger partial charge in [0.1, 0.15) is 11.5 Å². The molecule has 3 rings (SSSR count). The first kappa shape index (κ1) is 20.7. The van der Waals surface area contributed by atoms with E-state index in [1.807, 2.05) is 0 Å². The minimum atomic E-state index is -0.360. The number of halogens is 1. The Kier molecular flexibility index (Phi) is 6.77. The van der Waals surface area contributed by atoms with E-state index < -0.39 is 0 Å². The fourth-order valence-electron chi connectivity index (χ4n) is 3.19. The van der Waals surface area contributed by atoms with Crippen molar-refractivity contribution in [3.63, 3.8) is 0 Å². The number of amides is 2. The molecule has 1 heterocycles. The Morgan fingerprint density at radius 1 is 1.07 bits per heavy atom. The Labute approximate surface area is 175 Å². The quantitative estimate of drug-likeness (QED) is 0.717. The van der Waals surface area contributed by atoms with Crippen LogP contribution in [-0.4, -0.2) is 44.0 Å². The van der Waals surface area contributed by atoms with Gasteiger partial charge >= 0.3 is 0 Å². The Balaban J connectivity index is 1.77. The van der Waals surface area contributed by atoms with E-state index in [1.165, 1.54) is 6.08 Å². The van der Waals surface area contributed by atoms with E-state index in [-0.39, 0.29) is 11.8 Å². The molecule has 0 bridgehead atoms. The summed E-state index contributed by atoms with van der Waals surface area (Å²) in [6.45, 7) is 1.44. The lowest BCUT2D eigenvalue weighted by atomic mass is 10.1. The minimum Gasteiger partial charge on any atom is -0.497 e. The number of anilines is 1. The van der Waals surface area contributed by atoms with Crippen LogP contribution >= 0.6 is 11.6 Å². The number of rotatable bonds is 6. The normalized spacial score (nSPS) is 13.6. The summed E-state index contributed by atoms with van der Waals surface area (Å²) in [7, 11) is 3.13. The van der Waals surface area contributed by atoms with Gasteiger partial charge in [-0.15, -0.1) is 0 Å². The van der Waals surface area contributed by atoms with Crippen LogP contribution in [0.15, 0.2) is 42.5 Å². The molecule has 29 heavy (non-hydrogen) atoms. The molecular weight excluding hydrogens is 392 g/mol. The van der Waals surface area contributed by atoms with Crippen LogP contribution in [0.5, 0.6) is 11.5 Å². The highest BCUT2D eigenvalue weighted by Gasteiger charge is 2.22. The van der Waals surface area contributed by atoms with Crippen LogP contribution in [0, 0.1) is 0 Å². The number of hydrogen-bond acceptors (Lipinski definition) is 4. The summed E-state index contributed by atoms with van der Waals surface area (Å²) in [6, 6.07) is 10.2. The van der Waals surface area contributed by atoms with Crippen molar-refractivity contribution in [1.29, 1.82) is 0 Å². The van der Waals surface area contributed by atoms with E-state index in [9.17, 15) is 9.59 Å². The number of hydrogen-bond donors (Lipinski definition) is 1. The lowest BCUT2D eigenvalue weighted by Crippen LogP contribution is -2.28. The standard InChI is InChI=1S/C22H23ClN2O4/c1-28-17-8-5-15(20(14-17)29-2)6-10-21(26)24-19-9-7-16(23)13-18(19)22(27)25-11-3-4-12-25/h5-10,13-14H,3-4,11-12H2,1-2H3,(H,24,26)/b10-6+. The molecule has 2 aromatic carbocycles. The smallest absolute Gasteiger partial charge is 0.256 e. The maximum Gasteiger partial charge on any atom is 0.256 e. The van der Waals surface area contributed by atoms with Gasteiger partial charge in [-0.25, -0.2) is 0 Å². The topological polar surface area (TPSA) is 67.9 Å². The van der Waals surface area contributed by atoms with Crippen molar-refractivity contribution in [2.75, 3.05) is 32.6 Å². The highest BCUT2D eigenvalue weighted by atomic mass is 35.5. The van der Waals surface area contributed by atoms with Crippen LogP contribution in [0.2, 0.25) is 5.02 Å². The number of benzene rings is 2. The molecule has 1 N–H and O–H groups in total. The van der Waals surface area contributed by atoms with Crippen molar-refractivity contribution in [1.82, 2.24) is 4.90 Å². The Hall–Kier alpha value is -2.99. The van der Waals surface area contributed by atoms with Gasteiger partial charge in [0.25, 0.3) is 5.91 Å². The van der Waals surface area contributed by atoms with Crippen molar-refractivity contribution in [3.8, 4) is 11.5 Å². The molecule has 1 aliphatic rings. The lowest BCUT2D eigenvalue weighted by Gasteiger charge is -2.18. The molecule has 152 valence electrons. The van der Waals surface area contributed by atoms with Crippen molar-refractivity contribution in [2.24, 2.45) is 0 Å². The van der Waals surface area contributed by atoms with Crippen LogP contribution in [-0.2, 0) is 4.79 Å². The number of ether oxygens (including phenoxy) is 2. The van der Waals surface area contributed by atoms with E-state index >= 15 is 0 Å². The summed E-state index contributed by atoms with van der Waals surface area (Å²) in [5.41, 5.74) is 1.55. The highest BCUT2D eigenvalue weighted by molar-refractivity contribution is 6.31. The van der Waals surface area contributed by atoms with E-state index in [2.05, 4.69) is 5.32 Å². The average molecular weight is 415 g/mol. The first-order valence-electron chi connectivity index (χ1n) is 9.31. The second-order valence-electron chi connectivity index (χ2n) is 6.62. The number of nitrogens with one attached hydrogen (secondary N) is 1. The van der Waals surface area contributed by atoms with Gasteiger partial charge in [-0.2, -0.15) is 0 Å². The van der Waals surface area contributed by atoms with Gasteiger partial charge < -0.3 is 19.7 Å². The van der Waals surface area contributed by atoms with E-state index in [0.29, 0.717) is 27.8 Å². The summed E-state index contributed by atoms with van der Waals surface area (Å²) in [5, 5.41) is 3.22. The zero-order valence-electron chi connectivity index (χ0n) is 16.4. The number of likely N-dealkylation sites (tertiary alicyclic amines) is 1. The number of methoxy groups -OCH3 is 2. The predicted molar refractivity (Wildman–Crippen MR) is 114 cm³/mol. The SMILES string of the molecule is COc1ccc(/C=C/C(=O)Nc2ccc(Cl)cc2C(=O)N2CCCC2)c(OC)c1. The molecule has 0 atom stereocenters. The van der Waals surface area contributed by atoms with Gasteiger partial charge in [0.2, 0.25) is 5.91 Å². The zero-order valence-corrected chi connectivity index (χ0v) is 17.2. The molecule has 1 fully saturated rings. The molecule has 2 aromatic rings. The largest absolute Gasteiger partial charge is 0.497 e. The molecule has 1 saturated heterocycles. The highest BCUT2D eigenvalue weighted by Crippen LogP contribution is 2.26. The average Bonchev–Trinajstić information content (AvgIpc) is 3.27. The van der Waals surface area contributed by atoms with E-state index in [1.54, 1.807) is 61.6 Å². The third kappa shape index (κ3) is 5.09. The fourth-order valence-corrected chi connectivity index (χ4v) is 3.36.